The van der Waals surface area contributed by atoms with E-state index in [1.807, 2.05) is 0 Å². The van der Waals surface area contributed by atoms with Crippen LogP contribution in [0.2, 0.25) is 39.3 Å². The Balaban J connectivity index is 1.87. The van der Waals surface area contributed by atoms with Crippen molar-refractivity contribution >= 4 is 27.1 Å². The Kier molecular flexibility index (Phi) is 20.5. The molecule has 0 saturated carbocycles. The highest BCUT2D eigenvalue weighted by Gasteiger charge is 2.32. The fourth-order valence-electron chi connectivity index (χ4n) is 6.55. The standard InChI is InChI=1S/C44H69O6Si3/c1-11-14-17-41(48-51(5)6)32-45-38-26-20-35(21-27-38)44(4,36-22-28-39(29-23-36)46-33-42(18-15-12-2)49-52(7)8)37-24-30-40(31-25-37)47-34-43(19-16-13-3)50-53(9)10/h20-31,41-43H,11-19,32-34H2,1-10H3. The first-order valence-corrected chi connectivity index (χ1v) is 27.3. The van der Waals surface area contributed by atoms with Crippen molar-refractivity contribution in [2.45, 2.75) is 148 Å². The maximum atomic E-state index is 6.31. The van der Waals surface area contributed by atoms with E-state index in [0.29, 0.717) is 19.8 Å². The summed E-state index contributed by atoms with van der Waals surface area (Å²) in [7, 11) is -2.40. The zero-order valence-electron chi connectivity index (χ0n) is 34.6. The van der Waals surface area contributed by atoms with Crippen LogP contribution in [0.3, 0.4) is 0 Å². The first kappa shape index (κ1) is 45.0. The molecule has 0 aromatic heterocycles. The fourth-order valence-corrected chi connectivity index (χ4v) is 9.10. The van der Waals surface area contributed by atoms with Gasteiger partial charge >= 0.3 is 0 Å². The van der Waals surface area contributed by atoms with Crippen molar-refractivity contribution < 1.29 is 27.5 Å². The minimum atomic E-state index is -0.801. The first-order chi connectivity index (χ1) is 25.5. The lowest BCUT2D eigenvalue weighted by Gasteiger charge is -2.32. The molecular formula is C44H69O6Si3. The smallest absolute Gasteiger partial charge is 0.205 e. The maximum absolute atomic E-state index is 6.31. The number of hydrogen-bond acceptors (Lipinski definition) is 6. The van der Waals surface area contributed by atoms with Gasteiger partial charge in [-0.25, -0.2) is 0 Å². The van der Waals surface area contributed by atoms with Crippen LogP contribution in [-0.2, 0) is 18.7 Å². The Hall–Kier alpha value is -2.41. The lowest BCUT2D eigenvalue weighted by atomic mass is 9.71. The molecule has 3 radical (unpaired) electrons. The van der Waals surface area contributed by atoms with Crippen molar-refractivity contribution in [2.24, 2.45) is 0 Å². The molecule has 0 amide bonds. The van der Waals surface area contributed by atoms with Gasteiger partial charge < -0.3 is 27.5 Å². The summed E-state index contributed by atoms with van der Waals surface area (Å²) in [6, 6.07) is 25.8. The average Bonchev–Trinajstić information content (AvgIpc) is 3.14. The van der Waals surface area contributed by atoms with Gasteiger partial charge in [0.2, 0.25) is 27.1 Å². The predicted octanol–water partition coefficient (Wildman–Crippen LogP) is 11.7. The fraction of sp³-hybridized carbons (Fsp3) is 0.591. The molecule has 3 unspecified atom stereocenters. The van der Waals surface area contributed by atoms with Crippen molar-refractivity contribution in [3.05, 3.63) is 89.5 Å². The minimum absolute atomic E-state index is 0.131. The molecule has 3 aromatic carbocycles. The van der Waals surface area contributed by atoms with E-state index in [9.17, 15) is 0 Å². The van der Waals surface area contributed by atoms with E-state index in [0.717, 1.165) is 75.0 Å². The van der Waals surface area contributed by atoms with Crippen LogP contribution in [0.4, 0.5) is 0 Å². The first-order valence-electron chi connectivity index (χ1n) is 20.1. The van der Waals surface area contributed by atoms with E-state index >= 15 is 0 Å². The number of unbranched alkanes of at least 4 members (excludes halogenated alkanes) is 3. The van der Waals surface area contributed by atoms with Gasteiger partial charge in [0, 0.05) is 5.41 Å². The van der Waals surface area contributed by atoms with E-state index in [1.54, 1.807) is 0 Å². The van der Waals surface area contributed by atoms with Crippen LogP contribution in [0, 0.1) is 0 Å². The molecule has 0 bridgehead atoms. The molecule has 9 heteroatoms. The quantitative estimate of drug-likeness (QED) is 0.0568. The Morgan fingerprint density at radius 1 is 0.434 bits per heavy atom. The third-order valence-electron chi connectivity index (χ3n) is 9.45. The van der Waals surface area contributed by atoms with E-state index in [1.165, 1.54) is 16.7 Å². The van der Waals surface area contributed by atoms with Gasteiger partial charge in [0.15, 0.2) is 0 Å². The maximum Gasteiger partial charge on any atom is 0.205 e. The zero-order chi connectivity index (χ0) is 38.6. The van der Waals surface area contributed by atoms with Gasteiger partial charge in [-0.15, -0.1) is 0 Å². The third-order valence-corrected chi connectivity index (χ3v) is 11.9. The molecule has 0 fully saturated rings. The van der Waals surface area contributed by atoms with Crippen LogP contribution >= 0.6 is 0 Å². The summed E-state index contributed by atoms with van der Waals surface area (Å²) in [5.74, 6) is 2.59. The molecule has 293 valence electrons. The number of ether oxygens (including phenoxy) is 3. The summed E-state index contributed by atoms with van der Waals surface area (Å²) >= 11 is 0. The van der Waals surface area contributed by atoms with E-state index in [2.05, 4.69) is 140 Å². The molecule has 3 atom stereocenters. The van der Waals surface area contributed by atoms with Crippen LogP contribution < -0.4 is 14.2 Å². The molecule has 53 heavy (non-hydrogen) atoms. The van der Waals surface area contributed by atoms with E-state index in [-0.39, 0.29) is 18.3 Å². The van der Waals surface area contributed by atoms with Gasteiger partial charge in [-0.2, -0.15) is 0 Å². The monoisotopic (exact) mass is 777 g/mol. The van der Waals surface area contributed by atoms with Crippen LogP contribution in [0.25, 0.3) is 0 Å². The SMILES string of the molecule is CCCCC(COc1ccc(C(C)(c2ccc(OCC(CCCC)O[Si](C)C)cc2)c2ccc(OCC(CCCC)O[Si](C)C)cc2)cc1)O[Si](C)C. The lowest BCUT2D eigenvalue weighted by molar-refractivity contribution is 0.119. The molecular weight excluding hydrogens is 709 g/mol. The van der Waals surface area contributed by atoms with Crippen molar-refractivity contribution in [1.82, 2.24) is 0 Å². The minimum Gasteiger partial charge on any atom is -0.491 e. The molecule has 0 aliphatic carbocycles. The molecule has 0 saturated heterocycles. The largest absolute Gasteiger partial charge is 0.491 e. The van der Waals surface area contributed by atoms with Crippen molar-refractivity contribution in [1.29, 1.82) is 0 Å². The Morgan fingerprint density at radius 2 is 0.679 bits per heavy atom. The van der Waals surface area contributed by atoms with Gasteiger partial charge in [0.1, 0.15) is 37.1 Å². The van der Waals surface area contributed by atoms with Crippen molar-refractivity contribution in [3.63, 3.8) is 0 Å². The van der Waals surface area contributed by atoms with E-state index < -0.39 is 32.5 Å². The summed E-state index contributed by atoms with van der Waals surface area (Å²) in [5, 5.41) is 0. The highest BCUT2D eigenvalue weighted by atomic mass is 28.3. The highest BCUT2D eigenvalue weighted by Crippen LogP contribution is 2.40. The molecule has 0 N–H and O–H groups in total. The summed E-state index contributed by atoms with van der Waals surface area (Å²) < 4.78 is 37.7. The Bertz CT molecular complexity index is 1210. The zero-order valence-corrected chi connectivity index (χ0v) is 37.6. The molecule has 6 nitrogen and oxygen atoms in total. The van der Waals surface area contributed by atoms with Crippen molar-refractivity contribution in [2.75, 3.05) is 19.8 Å². The van der Waals surface area contributed by atoms with Crippen LogP contribution in [0.1, 0.15) is 102 Å². The van der Waals surface area contributed by atoms with Crippen LogP contribution in [-0.4, -0.2) is 65.3 Å². The lowest BCUT2D eigenvalue weighted by Crippen LogP contribution is -2.27. The summed E-state index contributed by atoms with van der Waals surface area (Å²) in [6.45, 7) is 23.8. The van der Waals surface area contributed by atoms with Gasteiger partial charge in [-0.1, -0.05) is 95.7 Å². The summed E-state index contributed by atoms with van der Waals surface area (Å²) in [5.41, 5.74) is 3.11. The van der Waals surface area contributed by atoms with Crippen LogP contribution in [0.15, 0.2) is 72.8 Å². The van der Waals surface area contributed by atoms with Crippen LogP contribution in [0.5, 0.6) is 17.2 Å². The molecule has 0 aliphatic heterocycles. The second-order valence-corrected chi connectivity index (χ2v) is 21.2. The molecule has 0 heterocycles. The van der Waals surface area contributed by atoms with Gasteiger partial charge in [0.25, 0.3) is 0 Å². The second-order valence-electron chi connectivity index (χ2n) is 15.0. The molecule has 0 aliphatic rings. The predicted molar refractivity (Wildman–Crippen MR) is 227 cm³/mol. The Morgan fingerprint density at radius 3 is 0.887 bits per heavy atom. The normalized spacial score (nSPS) is 14.7. The molecule has 3 rings (SSSR count). The topological polar surface area (TPSA) is 55.4 Å². The van der Waals surface area contributed by atoms with Gasteiger partial charge in [-0.3, -0.25) is 0 Å². The number of rotatable bonds is 27. The highest BCUT2D eigenvalue weighted by molar-refractivity contribution is 6.49. The molecule has 0 spiro atoms. The summed E-state index contributed by atoms with van der Waals surface area (Å²) in [4.78, 5) is 0. The molecule has 3 aromatic rings. The second kappa shape index (κ2) is 24.2. The number of hydrogen-bond donors (Lipinski definition) is 0. The number of benzene rings is 3. The van der Waals surface area contributed by atoms with Crippen molar-refractivity contribution in [3.8, 4) is 17.2 Å². The van der Waals surface area contributed by atoms with E-state index in [4.69, 9.17) is 27.5 Å². The third kappa shape index (κ3) is 15.7. The Labute approximate surface area is 328 Å². The van der Waals surface area contributed by atoms with Gasteiger partial charge in [0.05, 0.1) is 18.3 Å². The summed E-state index contributed by atoms with van der Waals surface area (Å²) in [6.07, 6.45) is 10.4. The average molecular weight is 778 g/mol. The van der Waals surface area contributed by atoms with Gasteiger partial charge in [-0.05, 0) is 119 Å².